The highest BCUT2D eigenvalue weighted by molar-refractivity contribution is 8.00. The van der Waals surface area contributed by atoms with Crippen LogP contribution >= 0.6 is 11.8 Å². The standard InChI is InChI=1S/C84H116N20O22S/c1-8-10-21-63-77(119)91-44(3)71(113)99-62(73(115)90-39-68(87)109)42-127-43-69(110)92-57(31-46-24-26-49(106)27-25-46)80(122)100(5)45(4)72(114)95-59(35-70(111)112)83(125)103-30-16-23-64(103)78(120)97-60(36-85)75(117)93-55(28-29-67(86)108)82(124)104-40-50(107)34-66(104)79(121)94-56(32-47-37-88-53-19-14-12-17-51(47)53)74(116)98-61(41-105)76(118)96-58(33-48-38-89-54-20-15-13-18-52(48)54)81(123)102(7)65(22-11-9-2)84(126)101(63)6/h12-15,17-20,24-27,37-38,44-45,50,55-66,88-89,105-107H,8-11,16,21-23,28-36,39-43,85H2,1-7H3,(H2,86,108)(H2,87,109)(H,90,115)(H,91,119)(H,92,110)(H,93,117)(H,94,121)(H,95,114)(H,96,118)(H,97,120)(H,98,116)(H,99,113)(H,111,112)/t44-,45-,50+,55?,56-,57-,58-,59-,60-,61-,62-,63-,64-,65-,66-/m0/s1. The van der Waals surface area contributed by atoms with E-state index in [4.69, 9.17) is 17.2 Å². The molecule has 0 aliphatic carbocycles. The first-order valence-corrected chi connectivity index (χ1v) is 43.2. The number of likely N-dealkylation sites (N-methyl/N-ethyl adjacent to an activating group) is 3. The van der Waals surface area contributed by atoms with Gasteiger partial charge in [0.15, 0.2) is 0 Å². The SMILES string of the molecule is CCCC[C@H]1C(=O)N(C)[C@@H](CCCC)C(=O)N[C@@H](C)C(=O)N[C@H](C(=O)NCC(N)=O)CSCC(=O)N[C@@H](Cc2ccc(O)cc2)C(=O)N(C)[C@@H](C)C(=O)N[C@@H](CC(=O)O)C(=O)N2CCC[C@H]2C(=O)N[C@@H](CN)C(=O)NC(CCC(N)=O)C(=O)N2C[C@H](O)C[C@H]2C(=O)N[C@@H](Cc2c[nH]c3ccccc23)C(=O)N[C@@H](CO)C(=O)N[C@@H](Cc2c[nH]c3ccccc23)C(=O)N1C. The predicted octanol–water partition coefficient (Wildman–Crippen LogP) is -4.36. The number of nitrogens with two attached hydrogens (primary N) is 3. The van der Waals surface area contributed by atoms with Crippen LogP contribution < -0.4 is 70.4 Å². The zero-order valence-corrected chi connectivity index (χ0v) is 72.6. The average Bonchev–Trinajstić information content (AvgIpc) is 1.68. The number of H-pyrrole nitrogens is 2. The van der Waals surface area contributed by atoms with Crippen molar-refractivity contribution in [1.82, 2.24) is 87.6 Å². The van der Waals surface area contributed by atoms with E-state index in [0.717, 1.165) is 36.3 Å². The molecule has 3 aliphatic heterocycles. The highest BCUT2D eigenvalue weighted by Crippen LogP contribution is 2.27. The Morgan fingerprint density at radius 3 is 1.66 bits per heavy atom. The summed E-state index contributed by atoms with van der Waals surface area (Å²) in [6.45, 7) is 2.88. The number of hydrogen-bond acceptors (Lipinski definition) is 23. The minimum atomic E-state index is -1.92. The molecule has 0 spiro atoms. The quantitative estimate of drug-likeness (QED) is 0.0311. The number of benzene rings is 3. The maximum atomic E-state index is 15.6. The molecule has 1 unspecified atom stereocenters. The largest absolute Gasteiger partial charge is 0.508 e. The molecule has 8 rings (SSSR count). The number of primary amides is 2. The van der Waals surface area contributed by atoms with E-state index in [1.54, 1.807) is 60.9 Å². The lowest BCUT2D eigenvalue weighted by Crippen LogP contribution is -2.62. The number of carbonyl (C=O) groups excluding carboxylic acids is 17. The van der Waals surface area contributed by atoms with Gasteiger partial charge in [0.25, 0.3) is 0 Å². The second-order valence-corrected chi connectivity index (χ2v) is 33.0. The van der Waals surface area contributed by atoms with Crippen LogP contribution in [-0.4, -0.2) is 317 Å². The van der Waals surface area contributed by atoms with Crippen LogP contribution in [0.5, 0.6) is 5.75 Å². The fourth-order valence-electron chi connectivity index (χ4n) is 15.4. The number of aromatic amines is 2. The van der Waals surface area contributed by atoms with Crippen LogP contribution in [0.3, 0.4) is 0 Å². The number of aliphatic hydroxyl groups excluding tert-OH is 2. The number of carbonyl (C=O) groups is 18. The van der Waals surface area contributed by atoms with Gasteiger partial charge in [-0.05, 0) is 86.9 Å². The average molecular weight is 1790 g/mol. The fourth-order valence-corrected chi connectivity index (χ4v) is 16.2. The van der Waals surface area contributed by atoms with E-state index in [9.17, 15) is 78.0 Å². The van der Waals surface area contributed by atoms with Gasteiger partial charge in [-0.15, -0.1) is 11.8 Å². The molecule has 5 heterocycles. The number of carboxylic acids is 1. The van der Waals surface area contributed by atoms with Crippen molar-refractivity contribution < 1.29 is 107 Å². The van der Waals surface area contributed by atoms with Gasteiger partial charge in [-0.2, -0.15) is 0 Å². The number of aromatic hydroxyl groups is 1. The number of aromatic nitrogens is 2. The van der Waals surface area contributed by atoms with Crippen molar-refractivity contribution in [3.05, 3.63) is 102 Å². The molecule has 0 saturated carbocycles. The first kappa shape index (κ1) is 99.7. The summed E-state index contributed by atoms with van der Waals surface area (Å²) in [5, 5.41) is 69.2. The van der Waals surface area contributed by atoms with Gasteiger partial charge in [-0.3, -0.25) is 86.3 Å². The second kappa shape index (κ2) is 47.0. The molecule has 3 aliphatic rings. The lowest BCUT2D eigenvalue weighted by Gasteiger charge is -2.36. The van der Waals surface area contributed by atoms with Gasteiger partial charge in [-0.1, -0.05) is 88.1 Å². The van der Waals surface area contributed by atoms with E-state index in [1.165, 1.54) is 59.3 Å². The van der Waals surface area contributed by atoms with Crippen LogP contribution in [-0.2, 0) is 106 Å². The monoisotopic (exact) mass is 1790 g/mol. The van der Waals surface area contributed by atoms with Crippen LogP contribution in [0.1, 0.15) is 121 Å². The number of thioether (sulfide) groups is 1. The number of fused-ring (bicyclic) bond motifs is 4. The minimum Gasteiger partial charge on any atom is -0.508 e. The molecule has 127 heavy (non-hydrogen) atoms. The number of para-hydroxylation sites is 2. The summed E-state index contributed by atoms with van der Waals surface area (Å²) in [6, 6.07) is -3.19. The summed E-state index contributed by atoms with van der Waals surface area (Å²) in [5.74, 6) is -19.5. The molecule has 2 aromatic heterocycles. The van der Waals surface area contributed by atoms with Crippen molar-refractivity contribution in [2.45, 2.75) is 215 Å². The normalized spacial score (nSPS) is 25.6. The lowest BCUT2D eigenvalue weighted by atomic mass is 10.00. The number of hydrogen-bond donors (Lipinski definition) is 19. The van der Waals surface area contributed by atoms with E-state index in [1.807, 2.05) is 13.8 Å². The number of amides is 17. The Kier molecular flexibility index (Phi) is 36.9. The summed E-state index contributed by atoms with van der Waals surface area (Å²) in [5.41, 5.74) is 19.6. The number of unbranched alkanes of at least 4 members (excludes halogenated alkanes) is 2. The predicted molar refractivity (Wildman–Crippen MR) is 460 cm³/mol. The number of carboxylic acid groups (broad SMARTS) is 1. The highest BCUT2D eigenvalue weighted by atomic mass is 32.2. The summed E-state index contributed by atoms with van der Waals surface area (Å²) in [4.78, 5) is 269. The third kappa shape index (κ3) is 27.1. The molecular weight excluding hydrogens is 1670 g/mol. The Balaban J connectivity index is 1.16. The first-order chi connectivity index (χ1) is 60.4. The van der Waals surface area contributed by atoms with Gasteiger partial charge in [-0.25, -0.2) is 0 Å². The number of phenolic OH excluding ortho intramolecular Hbond substituents is 1. The maximum absolute atomic E-state index is 15.6. The molecule has 0 bridgehead atoms. The molecule has 42 nitrogen and oxygen atoms in total. The number of nitrogens with one attached hydrogen (secondary N) is 12. The number of aliphatic carboxylic acids is 1. The van der Waals surface area contributed by atoms with E-state index in [2.05, 4.69) is 63.1 Å². The Hall–Kier alpha value is -12.8. The molecule has 0 radical (unpaired) electrons. The van der Waals surface area contributed by atoms with Crippen LogP contribution in [0.4, 0.5) is 0 Å². The number of rotatable bonds is 22. The summed E-state index contributed by atoms with van der Waals surface area (Å²) in [6.07, 6.45) is -0.111. The molecule has 22 N–H and O–H groups in total. The number of nitrogens with zero attached hydrogens (tertiary/aromatic N) is 5. The van der Waals surface area contributed by atoms with Gasteiger partial charge in [0.1, 0.15) is 90.3 Å². The maximum Gasteiger partial charge on any atom is 0.305 e. The molecule has 43 heteroatoms. The van der Waals surface area contributed by atoms with Crippen LogP contribution in [0.25, 0.3) is 21.8 Å². The second-order valence-electron chi connectivity index (χ2n) is 31.9. The molecule has 3 aromatic carbocycles. The van der Waals surface area contributed by atoms with Crippen molar-refractivity contribution >= 4 is 140 Å². The van der Waals surface area contributed by atoms with E-state index >= 15 is 28.8 Å². The molecule has 15 atom stereocenters. The Labute approximate surface area is 735 Å². The number of aliphatic hydroxyl groups is 2. The Morgan fingerprint density at radius 1 is 0.535 bits per heavy atom. The first-order valence-electron chi connectivity index (χ1n) is 42.0. The Bertz CT molecular complexity index is 4840. The van der Waals surface area contributed by atoms with Crippen molar-refractivity contribution in [3.63, 3.8) is 0 Å². The van der Waals surface area contributed by atoms with Crippen LogP contribution in [0, 0.1) is 0 Å². The van der Waals surface area contributed by atoms with Gasteiger partial charge in [0, 0.05) is 113 Å². The molecular formula is C84H116N20O22S. The topological polar surface area (TPSA) is 634 Å². The molecule has 17 amide bonds. The van der Waals surface area contributed by atoms with E-state index < -0.39 is 261 Å². The third-order valence-electron chi connectivity index (χ3n) is 22.7. The lowest BCUT2D eigenvalue weighted by molar-refractivity contribution is -0.149. The number of phenols is 1. The molecule has 3 saturated heterocycles. The van der Waals surface area contributed by atoms with Crippen molar-refractivity contribution in [3.8, 4) is 5.75 Å². The zero-order valence-electron chi connectivity index (χ0n) is 71.8. The van der Waals surface area contributed by atoms with Gasteiger partial charge in [0.2, 0.25) is 100 Å². The van der Waals surface area contributed by atoms with Crippen LogP contribution in [0.15, 0.2) is 85.2 Å². The van der Waals surface area contributed by atoms with Crippen molar-refractivity contribution in [2.24, 2.45) is 17.2 Å². The van der Waals surface area contributed by atoms with E-state index in [-0.39, 0.29) is 57.2 Å². The molecule has 690 valence electrons. The highest BCUT2D eigenvalue weighted by Gasteiger charge is 2.46. The smallest absolute Gasteiger partial charge is 0.305 e. The molecule has 5 aromatic rings. The van der Waals surface area contributed by atoms with Crippen molar-refractivity contribution in [2.75, 3.05) is 65.4 Å². The third-order valence-corrected chi connectivity index (χ3v) is 23.7. The summed E-state index contributed by atoms with van der Waals surface area (Å²) in [7, 11) is 3.84. The minimum absolute atomic E-state index is 0.00123. The fraction of sp³-hybridized carbons (Fsp3) is 0.524. The summed E-state index contributed by atoms with van der Waals surface area (Å²) >= 11 is 0.759. The van der Waals surface area contributed by atoms with E-state index in [0.29, 0.717) is 64.2 Å². The Morgan fingerprint density at radius 2 is 1.06 bits per heavy atom. The molecule has 3 fully saturated rings. The van der Waals surface area contributed by atoms with Crippen LogP contribution in [0.2, 0.25) is 0 Å². The zero-order chi connectivity index (χ0) is 93.2. The van der Waals surface area contributed by atoms with Gasteiger partial charge in [0.05, 0.1) is 31.4 Å². The van der Waals surface area contributed by atoms with Crippen molar-refractivity contribution in [1.29, 1.82) is 0 Å². The van der Waals surface area contributed by atoms with Gasteiger partial charge < -0.3 is 125 Å². The van der Waals surface area contributed by atoms with Gasteiger partial charge >= 0.3 is 5.97 Å². The summed E-state index contributed by atoms with van der Waals surface area (Å²) < 4.78 is 0.